The van der Waals surface area contributed by atoms with E-state index in [1.54, 1.807) is 4.90 Å². The number of carbonyl (C=O) groups excluding carboxylic acids is 1. The molecule has 0 aromatic heterocycles. The Morgan fingerprint density at radius 2 is 1.82 bits per heavy atom. The van der Waals surface area contributed by atoms with Gasteiger partial charge >= 0.3 is 6.09 Å². The van der Waals surface area contributed by atoms with Crippen LogP contribution in [0.1, 0.15) is 46.5 Å². The zero-order chi connectivity index (χ0) is 13.1. The number of amides is 1. The molecule has 0 aliphatic heterocycles. The monoisotopic (exact) mass is 353 g/mol. The fraction of sp³-hybridized carbons (Fsp3) is 0.923. The van der Waals surface area contributed by atoms with Crippen LogP contribution in [-0.2, 0) is 4.74 Å². The van der Waals surface area contributed by atoms with Crippen molar-refractivity contribution in [2.24, 2.45) is 5.92 Å². The average Bonchev–Trinajstić information content (AvgIpc) is 2.26. The third-order valence-electron chi connectivity index (χ3n) is 3.26. The predicted octanol–water partition coefficient (Wildman–Crippen LogP) is 3.85. The number of rotatable bonds is 2. The Bertz CT molecular complexity index is 255. The Hall–Kier alpha value is 0. The van der Waals surface area contributed by atoms with Gasteiger partial charge in [-0.3, -0.25) is 0 Å². The highest BCUT2D eigenvalue weighted by Crippen LogP contribution is 2.28. The Balaban J connectivity index is 2.43. The molecule has 0 atom stereocenters. The standard InChI is InChI=1S/C13H24INO2/c1-13(2,3)17-12(16)15(4)11-7-5-10(9-14)6-8-11/h10-11H,5-9H2,1-4H3. The summed E-state index contributed by atoms with van der Waals surface area (Å²) in [4.78, 5) is 13.7. The minimum absolute atomic E-state index is 0.185. The van der Waals surface area contributed by atoms with E-state index in [0.717, 1.165) is 18.8 Å². The summed E-state index contributed by atoms with van der Waals surface area (Å²) >= 11 is 2.46. The van der Waals surface area contributed by atoms with Crippen molar-refractivity contribution < 1.29 is 9.53 Å². The second kappa shape index (κ2) is 6.25. The fourth-order valence-corrected chi connectivity index (χ4v) is 3.05. The molecule has 0 heterocycles. The van der Waals surface area contributed by atoms with Crippen LogP contribution in [0, 0.1) is 5.92 Å². The highest BCUT2D eigenvalue weighted by molar-refractivity contribution is 14.1. The molecule has 17 heavy (non-hydrogen) atoms. The van der Waals surface area contributed by atoms with Crippen molar-refractivity contribution in [3.05, 3.63) is 0 Å². The van der Waals surface area contributed by atoms with Crippen LogP contribution >= 0.6 is 22.6 Å². The molecule has 1 aliphatic carbocycles. The summed E-state index contributed by atoms with van der Waals surface area (Å²) in [6, 6.07) is 0.365. The van der Waals surface area contributed by atoms with E-state index in [1.807, 2.05) is 27.8 Å². The predicted molar refractivity (Wildman–Crippen MR) is 78.6 cm³/mol. The van der Waals surface area contributed by atoms with Crippen LogP contribution in [-0.4, -0.2) is 34.1 Å². The van der Waals surface area contributed by atoms with E-state index in [1.165, 1.54) is 17.3 Å². The first kappa shape index (κ1) is 15.1. The number of halogens is 1. The minimum atomic E-state index is -0.398. The molecule has 0 N–H and O–H groups in total. The van der Waals surface area contributed by atoms with Gasteiger partial charge in [-0.15, -0.1) is 0 Å². The Kier molecular flexibility index (Phi) is 5.54. The van der Waals surface area contributed by atoms with E-state index in [4.69, 9.17) is 4.74 Å². The molecule has 0 aromatic rings. The van der Waals surface area contributed by atoms with Crippen LogP contribution in [0.4, 0.5) is 4.79 Å². The molecular weight excluding hydrogens is 329 g/mol. The first-order valence-corrected chi connectivity index (χ1v) is 7.88. The van der Waals surface area contributed by atoms with Crippen molar-refractivity contribution in [2.75, 3.05) is 11.5 Å². The number of alkyl halides is 1. The molecule has 100 valence electrons. The van der Waals surface area contributed by atoms with Gasteiger partial charge in [0, 0.05) is 17.5 Å². The fourth-order valence-electron chi connectivity index (χ4n) is 2.17. The highest BCUT2D eigenvalue weighted by atomic mass is 127. The zero-order valence-electron chi connectivity index (χ0n) is 11.3. The van der Waals surface area contributed by atoms with E-state index in [-0.39, 0.29) is 6.09 Å². The van der Waals surface area contributed by atoms with Gasteiger partial charge in [0.2, 0.25) is 0 Å². The molecule has 1 amide bonds. The van der Waals surface area contributed by atoms with Crippen molar-refractivity contribution in [2.45, 2.75) is 58.1 Å². The molecule has 3 nitrogen and oxygen atoms in total. The van der Waals surface area contributed by atoms with Gasteiger partial charge in [-0.1, -0.05) is 22.6 Å². The largest absolute Gasteiger partial charge is 0.444 e. The third-order valence-corrected chi connectivity index (χ3v) is 4.51. The number of carbonyl (C=O) groups is 1. The van der Waals surface area contributed by atoms with Gasteiger partial charge in [-0.2, -0.15) is 0 Å². The van der Waals surface area contributed by atoms with Gasteiger partial charge in [0.05, 0.1) is 0 Å². The van der Waals surface area contributed by atoms with Crippen molar-refractivity contribution in [1.29, 1.82) is 0 Å². The maximum atomic E-state index is 11.9. The van der Waals surface area contributed by atoms with E-state index in [9.17, 15) is 4.79 Å². The van der Waals surface area contributed by atoms with Crippen molar-refractivity contribution in [1.82, 2.24) is 4.90 Å². The quantitative estimate of drug-likeness (QED) is 0.558. The highest BCUT2D eigenvalue weighted by Gasteiger charge is 2.28. The van der Waals surface area contributed by atoms with Crippen LogP contribution < -0.4 is 0 Å². The molecule has 1 fully saturated rings. The molecule has 1 aliphatic rings. The molecule has 0 bridgehead atoms. The Labute approximate surface area is 118 Å². The smallest absolute Gasteiger partial charge is 0.410 e. The van der Waals surface area contributed by atoms with Crippen LogP contribution in [0.15, 0.2) is 0 Å². The van der Waals surface area contributed by atoms with Gasteiger partial charge < -0.3 is 9.64 Å². The topological polar surface area (TPSA) is 29.5 Å². The summed E-state index contributed by atoms with van der Waals surface area (Å²) in [6.07, 6.45) is 4.52. The first-order chi connectivity index (χ1) is 7.83. The molecule has 0 spiro atoms. The van der Waals surface area contributed by atoms with Gasteiger partial charge in [-0.05, 0) is 52.4 Å². The lowest BCUT2D eigenvalue weighted by Crippen LogP contribution is -2.42. The van der Waals surface area contributed by atoms with Crippen molar-refractivity contribution in [3.8, 4) is 0 Å². The number of nitrogens with zero attached hydrogens (tertiary/aromatic N) is 1. The van der Waals surface area contributed by atoms with Crippen LogP contribution in [0.25, 0.3) is 0 Å². The van der Waals surface area contributed by atoms with Gasteiger partial charge in [0.15, 0.2) is 0 Å². The molecule has 0 aromatic carbocycles. The van der Waals surface area contributed by atoms with Crippen LogP contribution in [0.5, 0.6) is 0 Å². The van der Waals surface area contributed by atoms with Crippen molar-refractivity contribution in [3.63, 3.8) is 0 Å². The summed E-state index contributed by atoms with van der Waals surface area (Å²) < 4.78 is 6.63. The van der Waals surface area contributed by atoms with Gasteiger partial charge in [0.1, 0.15) is 5.60 Å². The summed E-state index contributed by atoms with van der Waals surface area (Å²) in [5.74, 6) is 0.846. The third kappa shape index (κ3) is 5.02. The SMILES string of the molecule is CN(C(=O)OC(C)(C)C)C1CCC(CI)CC1. The minimum Gasteiger partial charge on any atom is -0.444 e. The molecule has 0 saturated heterocycles. The Morgan fingerprint density at radius 3 is 2.24 bits per heavy atom. The van der Waals surface area contributed by atoms with Crippen LogP contribution in [0.2, 0.25) is 0 Å². The summed E-state index contributed by atoms with van der Waals surface area (Å²) in [7, 11) is 1.86. The van der Waals surface area contributed by atoms with Crippen LogP contribution in [0.3, 0.4) is 0 Å². The maximum absolute atomic E-state index is 11.9. The number of ether oxygens (including phenoxy) is 1. The second-order valence-corrected chi connectivity index (χ2v) is 6.80. The summed E-state index contributed by atoms with van der Waals surface area (Å²) in [5.41, 5.74) is -0.398. The summed E-state index contributed by atoms with van der Waals surface area (Å²) in [6.45, 7) is 5.73. The Morgan fingerprint density at radius 1 is 1.29 bits per heavy atom. The molecular formula is C13H24INO2. The van der Waals surface area contributed by atoms with E-state index in [0.29, 0.717) is 6.04 Å². The number of hydrogen-bond acceptors (Lipinski definition) is 2. The molecule has 0 radical (unpaired) electrons. The lowest BCUT2D eigenvalue weighted by atomic mass is 9.87. The van der Waals surface area contributed by atoms with E-state index < -0.39 is 5.60 Å². The van der Waals surface area contributed by atoms with Gasteiger partial charge in [0.25, 0.3) is 0 Å². The average molecular weight is 353 g/mol. The molecule has 1 saturated carbocycles. The van der Waals surface area contributed by atoms with Crippen molar-refractivity contribution >= 4 is 28.7 Å². The lowest BCUT2D eigenvalue weighted by molar-refractivity contribution is 0.0176. The summed E-state index contributed by atoms with van der Waals surface area (Å²) in [5, 5.41) is 0. The van der Waals surface area contributed by atoms with Gasteiger partial charge in [-0.25, -0.2) is 4.79 Å². The second-order valence-electron chi connectivity index (χ2n) is 5.92. The van der Waals surface area contributed by atoms with E-state index >= 15 is 0 Å². The zero-order valence-corrected chi connectivity index (χ0v) is 13.5. The molecule has 1 rings (SSSR count). The normalized spacial score (nSPS) is 25.5. The molecule has 0 unspecified atom stereocenters. The maximum Gasteiger partial charge on any atom is 0.410 e. The number of hydrogen-bond donors (Lipinski definition) is 0. The molecule has 4 heteroatoms. The van der Waals surface area contributed by atoms with E-state index in [2.05, 4.69) is 22.6 Å². The first-order valence-electron chi connectivity index (χ1n) is 6.35. The lowest BCUT2D eigenvalue weighted by Gasteiger charge is -2.35.